The fraction of sp³-hybridized carbons (Fsp3) is 0.417. The Hall–Kier alpha value is -1.55. The smallest absolute Gasteiger partial charge is 0.322 e. The molecule has 0 aliphatic heterocycles. The average molecular weight is 222 g/mol. The van der Waals surface area contributed by atoms with Gasteiger partial charge in [0.05, 0.1) is 0 Å². The third kappa shape index (κ3) is 3.55. The lowest BCUT2D eigenvalue weighted by Crippen LogP contribution is -2.39. The maximum Gasteiger partial charge on any atom is 0.322 e. The van der Waals surface area contributed by atoms with Gasteiger partial charge in [0.15, 0.2) is 0 Å². The quantitative estimate of drug-likeness (QED) is 0.679. The van der Waals surface area contributed by atoms with Crippen LogP contribution in [0, 0.1) is 0 Å². The van der Waals surface area contributed by atoms with Crippen LogP contribution in [0.2, 0.25) is 0 Å². The van der Waals surface area contributed by atoms with Crippen LogP contribution in [0.5, 0.6) is 0 Å². The molecule has 4 nitrogen and oxygen atoms in total. The Labute approximate surface area is 95.7 Å². The summed E-state index contributed by atoms with van der Waals surface area (Å²) in [5.74, 6) is -0.847. The fourth-order valence-electron chi connectivity index (χ4n) is 1.39. The number of hydrogen-bond acceptors (Lipinski definition) is 3. The molecule has 1 unspecified atom stereocenters. The monoisotopic (exact) mass is 222 g/mol. The van der Waals surface area contributed by atoms with E-state index in [1.807, 2.05) is 24.3 Å². The Balaban J connectivity index is 2.50. The van der Waals surface area contributed by atoms with E-state index in [1.165, 1.54) is 5.56 Å². The molecule has 0 aliphatic rings. The number of carboxylic acids is 1. The van der Waals surface area contributed by atoms with Crippen LogP contribution in [0.15, 0.2) is 24.3 Å². The van der Waals surface area contributed by atoms with Crippen LogP contribution < -0.4 is 10.6 Å². The van der Waals surface area contributed by atoms with Crippen molar-refractivity contribution < 1.29 is 9.90 Å². The molecular weight excluding hydrogens is 204 g/mol. The highest BCUT2D eigenvalue weighted by Gasteiger charge is 2.13. The van der Waals surface area contributed by atoms with Gasteiger partial charge < -0.3 is 15.7 Å². The fourth-order valence-corrected chi connectivity index (χ4v) is 1.39. The Morgan fingerprint density at radius 3 is 2.44 bits per heavy atom. The predicted octanol–water partition coefficient (Wildman–Crippen LogP) is 1.33. The lowest BCUT2D eigenvalue weighted by atomic mass is 10.1. The van der Waals surface area contributed by atoms with E-state index in [0.717, 1.165) is 12.1 Å². The third-order valence-electron chi connectivity index (χ3n) is 2.52. The molecule has 0 bridgehead atoms. The Morgan fingerprint density at radius 2 is 2.00 bits per heavy atom. The van der Waals surface area contributed by atoms with E-state index < -0.39 is 12.0 Å². The van der Waals surface area contributed by atoms with Gasteiger partial charge in [-0.05, 0) is 31.2 Å². The van der Waals surface area contributed by atoms with E-state index in [4.69, 9.17) is 5.11 Å². The number of benzene rings is 1. The molecule has 4 heteroatoms. The van der Waals surface area contributed by atoms with Crippen molar-refractivity contribution in [3.05, 3.63) is 29.8 Å². The molecule has 0 spiro atoms. The summed E-state index contributed by atoms with van der Waals surface area (Å²) in [5.41, 5.74) is 2.22. The summed E-state index contributed by atoms with van der Waals surface area (Å²) in [4.78, 5) is 10.7. The highest BCUT2D eigenvalue weighted by atomic mass is 16.4. The van der Waals surface area contributed by atoms with E-state index in [0.29, 0.717) is 6.54 Å². The standard InChI is InChI=1S/C12H18N2O2/c1-3-9-4-6-10(7-5-9)14-8-11(13-2)12(15)16/h4-7,11,13-14H,3,8H2,1-2H3,(H,15,16). The van der Waals surface area contributed by atoms with Gasteiger partial charge in [-0.15, -0.1) is 0 Å². The molecule has 0 amide bonds. The van der Waals surface area contributed by atoms with Crippen molar-refractivity contribution in [2.75, 3.05) is 18.9 Å². The summed E-state index contributed by atoms with van der Waals surface area (Å²) in [6.07, 6.45) is 1.01. The van der Waals surface area contributed by atoms with Gasteiger partial charge in [0.2, 0.25) is 0 Å². The van der Waals surface area contributed by atoms with Crippen LogP contribution >= 0.6 is 0 Å². The number of carbonyl (C=O) groups is 1. The Bertz CT molecular complexity index is 335. The van der Waals surface area contributed by atoms with Crippen LogP contribution in [0.4, 0.5) is 5.69 Å². The van der Waals surface area contributed by atoms with Crippen LogP contribution in [-0.2, 0) is 11.2 Å². The second-order valence-corrected chi connectivity index (χ2v) is 3.61. The second kappa shape index (κ2) is 6.12. The largest absolute Gasteiger partial charge is 0.480 e. The number of carboxylic acid groups (broad SMARTS) is 1. The van der Waals surface area contributed by atoms with Gasteiger partial charge in [0.1, 0.15) is 6.04 Å². The van der Waals surface area contributed by atoms with Crippen LogP contribution in [-0.4, -0.2) is 30.7 Å². The number of aliphatic carboxylic acids is 1. The van der Waals surface area contributed by atoms with Crippen molar-refractivity contribution in [2.45, 2.75) is 19.4 Å². The van der Waals surface area contributed by atoms with Gasteiger partial charge in [-0.1, -0.05) is 19.1 Å². The summed E-state index contributed by atoms with van der Waals surface area (Å²) in [6, 6.07) is 7.45. The van der Waals surface area contributed by atoms with Gasteiger partial charge in [0, 0.05) is 12.2 Å². The molecule has 16 heavy (non-hydrogen) atoms. The number of aryl methyl sites for hydroxylation is 1. The van der Waals surface area contributed by atoms with Gasteiger partial charge in [-0.2, -0.15) is 0 Å². The zero-order valence-corrected chi connectivity index (χ0v) is 9.66. The maximum absolute atomic E-state index is 10.7. The number of nitrogens with one attached hydrogen (secondary N) is 2. The van der Waals surface area contributed by atoms with Crippen molar-refractivity contribution in [1.82, 2.24) is 5.32 Å². The molecule has 1 aromatic carbocycles. The highest BCUT2D eigenvalue weighted by Crippen LogP contribution is 2.09. The molecule has 0 aliphatic carbocycles. The number of anilines is 1. The van der Waals surface area contributed by atoms with E-state index in [1.54, 1.807) is 7.05 Å². The minimum Gasteiger partial charge on any atom is -0.480 e. The maximum atomic E-state index is 10.7. The van der Waals surface area contributed by atoms with E-state index >= 15 is 0 Å². The summed E-state index contributed by atoms with van der Waals surface area (Å²) in [7, 11) is 1.64. The van der Waals surface area contributed by atoms with Crippen molar-refractivity contribution in [3.8, 4) is 0 Å². The summed E-state index contributed by atoms with van der Waals surface area (Å²) < 4.78 is 0. The first kappa shape index (κ1) is 12.5. The minimum atomic E-state index is -0.847. The molecule has 0 saturated heterocycles. The lowest BCUT2D eigenvalue weighted by Gasteiger charge is -2.13. The zero-order valence-electron chi connectivity index (χ0n) is 9.66. The zero-order chi connectivity index (χ0) is 12.0. The summed E-state index contributed by atoms with van der Waals surface area (Å²) in [6.45, 7) is 2.47. The van der Waals surface area contributed by atoms with Crippen LogP contribution in [0.3, 0.4) is 0 Å². The van der Waals surface area contributed by atoms with Gasteiger partial charge in [0.25, 0.3) is 0 Å². The first-order chi connectivity index (χ1) is 7.67. The molecule has 0 aromatic heterocycles. The summed E-state index contributed by atoms with van der Waals surface area (Å²) >= 11 is 0. The topological polar surface area (TPSA) is 61.4 Å². The van der Waals surface area contributed by atoms with E-state index in [2.05, 4.69) is 17.6 Å². The lowest BCUT2D eigenvalue weighted by molar-refractivity contribution is -0.138. The molecule has 3 N–H and O–H groups in total. The van der Waals surface area contributed by atoms with Crippen molar-refractivity contribution in [3.63, 3.8) is 0 Å². The SMILES string of the molecule is CCc1ccc(NCC(NC)C(=O)O)cc1. The summed E-state index contributed by atoms with van der Waals surface area (Å²) in [5, 5.41) is 14.6. The highest BCUT2D eigenvalue weighted by molar-refractivity contribution is 5.74. The number of hydrogen-bond donors (Lipinski definition) is 3. The molecule has 1 rings (SSSR count). The normalized spacial score (nSPS) is 12.1. The van der Waals surface area contributed by atoms with Crippen molar-refractivity contribution in [1.29, 1.82) is 0 Å². The van der Waals surface area contributed by atoms with E-state index in [-0.39, 0.29) is 0 Å². The van der Waals surface area contributed by atoms with Crippen molar-refractivity contribution >= 4 is 11.7 Å². The third-order valence-corrected chi connectivity index (χ3v) is 2.52. The molecule has 1 aromatic rings. The number of rotatable bonds is 6. The van der Waals surface area contributed by atoms with Crippen LogP contribution in [0.1, 0.15) is 12.5 Å². The van der Waals surface area contributed by atoms with E-state index in [9.17, 15) is 4.79 Å². The van der Waals surface area contributed by atoms with Gasteiger partial charge in [-0.25, -0.2) is 0 Å². The molecular formula is C12H18N2O2. The Kier molecular flexibility index (Phi) is 4.79. The molecule has 0 saturated carbocycles. The van der Waals surface area contributed by atoms with Gasteiger partial charge in [-0.3, -0.25) is 4.79 Å². The first-order valence-electron chi connectivity index (χ1n) is 5.40. The first-order valence-corrected chi connectivity index (χ1v) is 5.40. The predicted molar refractivity (Wildman–Crippen MR) is 64.8 cm³/mol. The number of likely N-dealkylation sites (N-methyl/N-ethyl adjacent to an activating group) is 1. The molecule has 1 atom stereocenters. The molecule has 88 valence electrons. The second-order valence-electron chi connectivity index (χ2n) is 3.61. The minimum absolute atomic E-state index is 0.372. The molecule has 0 heterocycles. The van der Waals surface area contributed by atoms with Gasteiger partial charge >= 0.3 is 5.97 Å². The Morgan fingerprint density at radius 1 is 1.38 bits per heavy atom. The van der Waals surface area contributed by atoms with Crippen LogP contribution in [0.25, 0.3) is 0 Å². The molecule has 0 fully saturated rings. The average Bonchev–Trinajstić information content (AvgIpc) is 2.30. The molecule has 0 radical (unpaired) electrons. The van der Waals surface area contributed by atoms with Crippen molar-refractivity contribution in [2.24, 2.45) is 0 Å².